The molecule has 0 aliphatic heterocycles. The van der Waals surface area contributed by atoms with Crippen molar-refractivity contribution in [1.29, 1.82) is 0 Å². The van der Waals surface area contributed by atoms with Gasteiger partial charge < -0.3 is 4.18 Å². The second kappa shape index (κ2) is 5.19. The van der Waals surface area contributed by atoms with Gasteiger partial charge in [-0.3, -0.25) is 0 Å². The fourth-order valence-corrected chi connectivity index (χ4v) is 3.00. The Labute approximate surface area is 115 Å². The third-order valence-corrected chi connectivity index (χ3v) is 4.09. The van der Waals surface area contributed by atoms with Crippen LogP contribution in [0.15, 0.2) is 47.4 Å². The summed E-state index contributed by atoms with van der Waals surface area (Å²) in [7, 11) is -4.08. The van der Waals surface area contributed by atoms with Gasteiger partial charge in [-0.05, 0) is 36.8 Å². The van der Waals surface area contributed by atoms with Gasteiger partial charge in [0.15, 0.2) is 0 Å². The molecular formula is C13H10ClFO3S. The fourth-order valence-electron chi connectivity index (χ4n) is 1.50. The molecule has 6 heteroatoms. The lowest BCUT2D eigenvalue weighted by molar-refractivity contribution is 0.483. The maximum atomic E-state index is 13.0. The molecule has 0 atom stereocenters. The average molecular weight is 301 g/mol. The van der Waals surface area contributed by atoms with Gasteiger partial charge in [-0.2, -0.15) is 8.42 Å². The van der Waals surface area contributed by atoms with E-state index >= 15 is 0 Å². The van der Waals surface area contributed by atoms with Crippen molar-refractivity contribution >= 4 is 21.7 Å². The average Bonchev–Trinajstić information content (AvgIpc) is 2.27. The summed E-state index contributed by atoms with van der Waals surface area (Å²) in [4.78, 5) is -0.149. The Bertz CT molecular complexity index is 714. The summed E-state index contributed by atoms with van der Waals surface area (Å²) in [5.41, 5.74) is 0.828. The highest BCUT2D eigenvalue weighted by Crippen LogP contribution is 2.26. The maximum absolute atomic E-state index is 13.0. The molecule has 0 aliphatic rings. The molecule has 0 bridgehead atoms. The molecule has 2 rings (SSSR count). The normalized spacial score (nSPS) is 11.3. The number of rotatable bonds is 3. The van der Waals surface area contributed by atoms with Crippen molar-refractivity contribution in [2.75, 3.05) is 0 Å². The van der Waals surface area contributed by atoms with Crippen LogP contribution in [0.1, 0.15) is 5.56 Å². The first-order valence-electron chi connectivity index (χ1n) is 5.35. The fraction of sp³-hybridized carbons (Fsp3) is 0.0769. The zero-order valence-electron chi connectivity index (χ0n) is 9.93. The molecule has 0 unspecified atom stereocenters. The molecule has 0 heterocycles. The lowest BCUT2D eigenvalue weighted by Gasteiger charge is -2.08. The number of halogens is 2. The predicted octanol–water partition coefficient (Wildman–Crippen LogP) is 3.56. The van der Waals surface area contributed by atoms with Crippen LogP contribution in [0.3, 0.4) is 0 Å². The van der Waals surface area contributed by atoms with E-state index in [0.29, 0.717) is 0 Å². The summed E-state index contributed by atoms with van der Waals surface area (Å²) in [5, 5.41) is 0.0661. The Morgan fingerprint density at radius 2 is 1.89 bits per heavy atom. The molecule has 2 aromatic rings. The monoisotopic (exact) mass is 300 g/mol. The third kappa shape index (κ3) is 3.24. The Balaban J connectivity index is 2.38. The highest BCUT2D eigenvalue weighted by atomic mass is 35.5. The number of hydrogen-bond acceptors (Lipinski definition) is 3. The highest BCUT2D eigenvalue weighted by Gasteiger charge is 2.20. The van der Waals surface area contributed by atoms with Crippen molar-refractivity contribution in [3.8, 4) is 5.75 Å². The van der Waals surface area contributed by atoms with E-state index in [2.05, 4.69) is 0 Å². The Hall–Kier alpha value is -1.59. The molecule has 3 nitrogen and oxygen atoms in total. The molecule has 0 saturated heterocycles. The van der Waals surface area contributed by atoms with Crippen molar-refractivity contribution in [3.05, 3.63) is 58.9 Å². The molecule has 0 amide bonds. The van der Waals surface area contributed by atoms with Crippen LogP contribution in [-0.2, 0) is 10.1 Å². The molecule has 0 fully saturated rings. The Morgan fingerprint density at radius 1 is 1.16 bits per heavy atom. The predicted molar refractivity (Wildman–Crippen MR) is 70.4 cm³/mol. The zero-order chi connectivity index (χ0) is 14.0. The van der Waals surface area contributed by atoms with Gasteiger partial charge in [0, 0.05) is 6.07 Å². The minimum atomic E-state index is -4.08. The van der Waals surface area contributed by atoms with Crippen molar-refractivity contribution in [2.24, 2.45) is 0 Å². The topological polar surface area (TPSA) is 43.4 Å². The number of aryl methyl sites for hydroxylation is 1. The largest absolute Gasteiger partial charge is 0.379 e. The quantitative estimate of drug-likeness (QED) is 0.814. The molecule has 0 saturated carbocycles. The minimum absolute atomic E-state index is 0.0661. The van der Waals surface area contributed by atoms with Gasteiger partial charge in [0.1, 0.15) is 16.5 Å². The number of benzene rings is 2. The van der Waals surface area contributed by atoms with Gasteiger partial charge >= 0.3 is 10.1 Å². The molecule has 0 spiro atoms. The van der Waals surface area contributed by atoms with E-state index in [1.165, 1.54) is 30.3 Å². The first-order valence-corrected chi connectivity index (χ1v) is 7.13. The SMILES string of the molecule is Cc1ccc(S(=O)(=O)Oc2cccc(F)c2)c(Cl)c1. The van der Waals surface area contributed by atoms with Crippen molar-refractivity contribution in [2.45, 2.75) is 11.8 Å². The van der Waals surface area contributed by atoms with E-state index in [0.717, 1.165) is 11.6 Å². The van der Waals surface area contributed by atoms with E-state index in [4.69, 9.17) is 15.8 Å². The lowest BCUT2D eigenvalue weighted by Crippen LogP contribution is -2.10. The van der Waals surface area contributed by atoms with Crippen molar-refractivity contribution in [1.82, 2.24) is 0 Å². The molecule has 0 N–H and O–H groups in total. The van der Waals surface area contributed by atoms with E-state index in [1.807, 2.05) is 0 Å². The Kier molecular flexibility index (Phi) is 3.78. The van der Waals surface area contributed by atoms with Gasteiger partial charge in [-0.15, -0.1) is 0 Å². The van der Waals surface area contributed by atoms with Crippen molar-refractivity contribution < 1.29 is 17.0 Å². The first kappa shape index (κ1) is 13.8. The van der Waals surface area contributed by atoms with E-state index in [1.54, 1.807) is 13.0 Å². The standard InChI is InChI=1S/C13H10ClFO3S/c1-9-5-6-13(12(14)7-9)19(16,17)18-11-4-2-3-10(15)8-11/h2-8H,1H3. The summed E-state index contributed by atoms with van der Waals surface area (Å²) >= 11 is 5.88. The molecule has 100 valence electrons. The van der Waals surface area contributed by atoms with Crippen LogP contribution in [0, 0.1) is 12.7 Å². The van der Waals surface area contributed by atoms with Crippen LogP contribution in [0.4, 0.5) is 4.39 Å². The van der Waals surface area contributed by atoms with Crippen LogP contribution in [0.25, 0.3) is 0 Å². The lowest BCUT2D eigenvalue weighted by atomic mass is 10.2. The van der Waals surface area contributed by atoms with E-state index < -0.39 is 15.9 Å². The first-order chi connectivity index (χ1) is 8.88. The Morgan fingerprint density at radius 3 is 2.53 bits per heavy atom. The summed E-state index contributed by atoms with van der Waals surface area (Å²) in [6, 6.07) is 9.36. The summed E-state index contributed by atoms with van der Waals surface area (Å²) < 4.78 is 41.8. The third-order valence-electron chi connectivity index (χ3n) is 2.36. The summed E-state index contributed by atoms with van der Waals surface area (Å²) in [6.45, 7) is 1.79. The summed E-state index contributed by atoms with van der Waals surface area (Å²) in [6.07, 6.45) is 0. The van der Waals surface area contributed by atoms with Crippen LogP contribution in [0.5, 0.6) is 5.75 Å². The summed E-state index contributed by atoms with van der Waals surface area (Å²) in [5.74, 6) is -0.681. The van der Waals surface area contributed by atoms with Gasteiger partial charge in [0.05, 0.1) is 5.02 Å². The van der Waals surface area contributed by atoms with Gasteiger partial charge in [0.25, 0.3) is 0 Å². The maximum Gasteiger partial charge on any atom is 0.340 e. The van der Waals surface area contributed by atoms with Crippen LogP contribution in [-0.4, -0.2) is 8.42 Å². The van der Waals surface area contributed by atoms with Gasteiger partial charge in [-0.1, -0.05) is 23.7 Å². The van der Waals surface area contributed by atoms with Gasteiger partial charge in [-0.25, -0.2) is 4.39 Å². The molecule has 0 radical (unpaired) electrons. The van der Waals surface area contributed by atoms with Crippen LogP contribution >= 0.6 is 11.6 Å². The zero-order valence-corrected chi connectivity index (χ0v) is 11.5. The minimum Gasteiger partial charge on any atom is -0.379 e. The molecule has 0 aromatic heterocycles. The molecule has 0 aliphatic carbocycles. The number of hydrogen-bond donors (Lipinski definition) is 0. The molecular weight excluding hydrogens is 291 g/mol. The molecule has 19 heavy (non-hydrogen) atoms. The van der Waals surface area contributed by atoms with Crippen LogP contribution in [0.2, 0.25) is 5.02 Å². The smallest absolute Gasteiger partial charge is 0.340 e. The second-order valence-corrected chi connectivity index (χ2v) is 5.85. The highest BCUT2D eigenvalue weighted by molar-refractivity contribution is 7.87. The van der Waals surface area contributed by atoms with Crippen molar-refractivity contribution in [3.63, 3.8) is 0 Å². The second-order valence-electron chi connectivity index (χ2n) is 3.93. The van der Waals surface area contributed by atoms with E-state index in [-0.39, 0.29) is 15.7 Å². The van der Waals surface area contributed by atoms with Crippen LogP contribution < -0.4 is 4.18 Å². The van der Waals surface area contributed by atoms with Gasteiger partial charge in [0.2, 0.25) is 0 Å². The van der Waals surface area contributed by atoms with E-state index in [9.17, 15) is 12.8 Å². The molecule has 2 aromatic carbocycles.